The van der Waals surface area contributed by atoms with E-state index < -0.39 is 0 Å². The molecule has 9 unspecified atom stereocenters. The molecule has 0 N–H and O–H groups in total. The molecular weight excluding hydrogens is 376 g/mol. The Morgan fingerprint density at radius 1 is 0.613 bits per heavy atom. The van der Waals surface area contributed by atoms with E-state index in [1.807, 2.05) is 0 Å². The van der Waals surface area contributed by atoms with Crippen molar-refractivity contribution >= 4 is 0 Å². The Balaban J connectivity index is 1.40. The summed E-state index contributed by atoms with van der Waals surface area (Å²) < 4.78 is 6.89. The molecule has 0 aromatic heterocycles. The predicted molar refractivity (Wildman–Crippen MR) is 129 cm³/mol. The molecule has 176 valence electrons. The van der Waals surface area contributed by atoms with Crippen molar-refractivity contribution in [2.75, 3.05) is 0 Å². The van der Waals surface area contributed by atoms with Crippen molar-refractivity contribution in [3.05, 3.63) is 0 Å². The zero-order valence-corrected chi connectivity index (χ0v) is 22.0. The fourth-order valence-corrected chi connectivity index (χ4v) is 12.6. The second-order valence-corrected chi connectivity index (χ2v) is 15.3. The first kappa shape index (κ1) is 21.5. The van der Waals surface area contributed by atoms with E-state index in [0.717, 1.165) is 17.8 Å². The van der Waals surface area contributed by atoms with Gasteiger partial charge in [0.25, 0.3) is 0 Å². The lowest BCUT2D eigenvalue weighted by molar-refractivity contribution is -0.244. The Labute approximate surface area is 192 Å². The number of epoxide rings is 1. The van der Waals surface area contributed by atoms with Gasteiger partial charge in [0.2, 0.25) is 0 Å². The second kappa shape index (κ2) is 5.78. The monoisotopic (exact) mass is 426 g/mol. The maximum absolute atomic E-state index is 6.89. The van der Waals surface area contributed by atoms with Gasteiger partial charge in [0.05, 0.1) is 0 Å². The summed E-state index contributed by atoms with van der Waals surface area (Å²) in [5, 5.41) is 0. The van der Waals surface area contributed by atoms with E-state index in [4.69, 9.17) is 4.74 Å². The molecule has 1 aliphatic heterocycles. The summed E-state index contributed by atoms with van der Waals surface area (Å²) in [5.41, 5.74) is 2.95. The Hall–Kier alpha value is -0.0400. The third kappa shape index (κ3) is 2.09. The van der Waals surface area contributed by atoms with E-state index in [-0.39, 0.29) is 11.2 Å². The van der Waals surface area contributed by atoms with Crippen LogP contribution in [0.15, 0.2) is 0 Å². The van der Waals surface area contributed by atoms with Crippen LogP contribution in [0.4, 0.5) is 0 Å². The summed E-state index contributed by atoms with van der Waals surface area (Å²) in [7, 11) is 0. The fraction of sp³-hybridized carbons (Fsp3) is 1.00. The van der Waals surface area contributed by atoms with E-state index in [1.54, 1.807) is 0 Å². The van der Waals surface area contributed by atoms with Gasteiger partial charge in [-0.15, -0.1) is 0 Å². The lowest BCUT2D eigenvalue weighted by Crippen LogP contribution is -2.67. The van der Waals surface area contributed by atoms with Gasteiger partial charge in [-0.1, -0.05) is 61.8 Å². The smallest absolute Gasteiger partial charge is 0.104 e. The number of hydrogen-bond acceptors (Lipinski definition) is 1. The van der Waals surface area contributed by atoms with Gasteiger partial charge < -0.3 is 4.74 Å². The number of ether oxygens (including phenoxy) is 1. The van der Waals surface area contributed by atoms with Crippen molar-refractivity contribution in [1.82, 2.24) is 0 Å². The van der Waals surface area contributed by atoms with E-state index in [2.05, 4.69) is 55.4 Å². The van der Waals surface area contributed by atoms with Gasteiger partial charge in [0.1, 0.15) is 11.2 Å². The first-order chi connectivity index (χ1) is 14.3. The molecule has 5 aliphatic carbocycles. The summed E-state index contributed by atoms with van der Waals surface area (Å²) in [5.74, 6) is 3.39. The average Bonchev–Trinajstić information content (AvgIpc) is 3.28. The van der Waals surface area contributed by atoms with Crippen LogP contribution in [0.1, 0.15) is 126 Å². The molecule has 1 heteroatoms. The summed E-state index contributed by atoms with van der Waals surface area (Å²) >= 11 is 0. The predicted octanol–water partition coefficient (Wildman–Crippen LogP) is 8.41. The van der Waals surface area contributed by atoms with E-state index in [0.29, 0.717) is 33.0 Å². The Morgan fingerprint density at radius 3 is 1.94 bits per heavy atom. The van der Waals surface area contributed by atoms with Crippen molar-refractivity contribution in [3.8, 4) is 0 Å². The van der Waals surface area contributed by atoms with E-state index in [9.17, 15) is 0 Å². The molecule has 1 spiro atoms. The summed E-state index contributed by atoms with van der Waals surface area (Å²) in [6, 6.07) is 0. The summed E-state index contributed by atoms with van der Waals surface area (Å²) in [4.78, 5) is 0. The molecule has 1 heterocycles. The highest BCUT2D eigenvalue weighted by molar-refractivity contribution is 5.34. The Kier molecular flexibility index (Phi) is 4.00. The van der Waals surface area contributed by atoms with E-state index in [1.165, 1.54) is 70.6 Å². The van der Waals surface area contributed by atoms with Gasteiger partial charge in [0.15, 0.2) is 0 Å². The molecule has 5 saturated carbocycles. The van der Waals surface area contributed by atoms with Gasteiger partial charge in [-0.2, -0.15) is 0 Å². The molecule has 6 fully saturated rings. The molecule has 1 nitrogen and oxygen atoms in total. The topological polar surface area (TPSA) is 12.5 Å². The van der Waals surface area contributed by atoms with Crippen LogP contribution in [-0.4, -0.2) is 11.2 Å². The lowest BCUT2D eigenvalue weighted by atomic mass is 9.32. The molecule has 0 aromatic rings. The molecule has 0 amide bonds. The zero-order valence-electron chi connectivity index (χ0n) is 22.0. The first-order valence-corrected chi connectivity index (χ1v) is 14.0. The van der Waals surface area contributed by atoms with Gasteiger partial charge in [-0.3, -0.25) is 0 Å². The zero-order chi connectivity index (χ0) is 22.3. The molecule has 6 rings (SSSR count). The molecule has 6 aliphatic rings. The Bertz CT molecular complexity index is 798. The largest absolute Gasteiger partial charge is 0.362 e. The first-order valence-electron chi connectivity index (χ1n) is 14.0. The number of fused-ring (bicyclic) bond motifs is 6. The molecule has 0 radical (unpaired) electrons. The summed E-state index contributed by atoms with van der Waals surface area (Å²) in [6.07, 6.45) is 15.8. The quantitative estimate of drug-likeness (QED) is 0.383. The third-order valence-electron chi connectivity index (χ3n) is 14.2. The highest BCUT2D eigenvalue weighted by Crippen LogP contribution is 2.84. The standard InChI is InChI=1S/C30H50O/c1-20(2)29-18-16-28(8)23-11-10-22-25(5)14-9-13-24(3,4)21(25)12-15-26(22,6)27(23,7)17-19-30(28,29)31-29/h20-23H,9-19H2,1-8H3. The average molecular weight is 427 g/mol. The van der Waals surface area contributed by atoms with Crippen LogP contribution in [0.2, 0.25) is 0 Å². The van der Waals surface area contributed by atoms with Gasteiger partial charge >= 0.3 is 0 Å². The minimum absolute atomic E-state index is 0.218. The summed E-state index contributed by atoms with van der Waals surface area (Å²) in [6.45, 7) is 21.1. The maximum atomic E-state index is 6.89. The fourth-order valence-electron chi connectivity index (χ4n) is 12.6. The van der Waals surface area contributed by atoms with Crippen LogP contribution in [0, 0.1) is 50.7 Å². The molecule has 31 heavy (non-hydrogen) atoms. The highest BCUT2D eigenvalue weighted by atomic mass is 16.6. The molecule has 1 saturated heterocycles. The van der Waals surface area contributed by atoms with Crippen molar-refractivity contribution in [2.24, 2.45) is 50.7 Å². The van der Waals surface area contributed by atoms with Crippen LogP contribution < -0.4 is 0 Å². The van der Waals surface area contributed by atoms with E-state index >= 15 is 0 Å². The van der Waals surface area contributed by atoms with Gasteiger partial charge in [0, 0.05) is 5.41 Å². The van der Waals surface area contributed by atoms with Crippen molar-refractivity contribution in [2.45, 2.75) is 137 Å². The number of hydrogen-bond donors (Lipinski definition) is 0. The SMILES string of the molecule is CC(C)C12CCC3(C)C4CCC5C6(C)CCCC(C)(C)C6CCC5(C)C4(C)CCC31O2. The van der Waals surface area contributed by atoms with Gasteiger partial charge in [-0.25, -0.2) is 0 Å². The number of rotatable bonds is 1. The van der Waals surface area contributed by atoms with Crippen LogP contribution in [0.25, 0.3) is 0 Å². The van der Waals surface area contributed by atoms with Crippen molar-refractivity contribution < 1.29 is 4.74 Å². The second-order valence-electron chi connectivity index (χ2n) is 15.3. The minimum atomic E-state index is 0.218. The third-order valence-corrected chi connectivity index (χ3v) is 14.2. The Morgan fingerprint density at radius 2 is 1.26 bits per heavy atom. The minimum Gasteiger partial charge on any atom is -0.362 e. The molecular formula is C30H50O. The lowest BCUT2D eigenvalue weighted by Gasteiger charge is -2.73. The highest BCUT2D eigenvalue weighted by Gasteiger charge is 2.86. The van der Waals surface area contributed by atoms with Gasteiger partial charge in [-0.05, 0) is 110 Å². The van der Waals surface area contributed by atoms with Crippen LogP contribution in [0.5, 0.6) is 0 Å². The molecule has 9 atom stereocenters. The maximum Gasteiger partial charge on any atom is 0.104 e. The van der Waals surface area contributed by atoms with Crippen molar-refractivity contribution in [1.29, 1.82) is 0 Å². The van der Waals surface area contributed by atoms with Crippen LogP contribution in [0.3, 0.4) is 0 Å². The molecule has 0 bridgehead atoms. The normalized spacial score (nSPS) is 61.6. The van der Waals surface area contributed by atoms with Crippen molar-refractivity contribution in [3.63, 3.8) is 0 Å². The van der Waals surface area contributed by atoms with Crippen LogP contribution in [-0.2, 0) is 4.74 Å². The van der Waals surface area contributed by atoms with Crippen LogP contribution >= 0.6 is 0 Å². The molecule has 0 aromatic carbocycles.